The quantitative estimate of drug-likeness (QED) is 0.756. The smallest absolute Gasteiger partial charge is 0.260 e. The van der Waals surface area contributed by atoms with Crippen molar-refractivity contribution in [2.24, 2.45) is 5.73 Å². The molecule has 22 heavy (non-hydrogen) atoms. The molecule has 5 nitrogen and oxygen atoms in total. The predicted molar refractivity (Wildman–Crippen MR) is 91.0 cm³/mol. The van der Waals surface area contributed by atoms with Crippen LogP contribution in [0.15, 0.2) is 17.5 Å². The van der Waals surface area contributed by atoms with Gasteiger partial charge in [0.25, 0.3) is 5.91 Å². The van der Waals surface area contributed by atoms with Crippen LogP contribution >= 0.6 is 22.7 Å². The molecule has 0 bridgehead atoms. The number of anilines is 1. The van der Waals surface area contributed by atoms with Crippen molar-refractivity contribution in [3.63, 3.8) is 0 Å². The van der Waals surface area contributed by atoms with Crippen LogP contribution in [0.1, 0.15) is 20.9 Å². The Hall–Kier alpha value is -1.96. The van der Waals surface area contributed by atoms with Crippen molar-refractivity contribution in [3.05, 3.63) is 33.6 Å². The average Bonchev–Trinajstić information content (AvgIpc) is 3.15. The van der Waals surface area contributed by atoms with Gasteiger partial charge in [-0.1, -0.05) is 6.07 Å². The van der Waals surface area contributed by atoms with E-state index < -0.39 is 5.91 Å². The van der Waals surface area contributed by atoms with Gasteiger partial charge in [0.15, 0.2) is 0 Å². The lowest BCUT2D eigenvalue weighted by atomic mass is 10.0. The van der Waals surface area contributed by atoms with Crippen LogP contribution in [0.3, 0.4) is 0 Å². The van der Waals surface area contributed by atoms with E-state index in [2.05, 4.69) is 18.0 Å². The topological polar surface area (TPSA) is 85.2 Å². The number of rotatable bonds is 2. The summed E-state index contributed by atoms with van der Waals surface area (Å²) in [6.07, 6.45) is 0. The highest BCUT2D eigenvalue weighted by atomic mass is 32.1. The van der Waals surface area contributed by atoms with Crippen molar-refractivity contribution in [1.29, 1.82) is 0 Å². The molecule has 0 saturated carbocycles. The number of aromatic nitrogens is 1. The van der Waals surface area contributed by atoms with Gasteiger partial charge in [-0.3, -0.25) is 9.69 Å². The molecule has 0 saturated heterocycles. The van der Waals surface area contributed by atoms with Gasteiger partial charge < -0.3 is 11.5 Å². The second-order valence-electron chi connectivity index (χ2n) is 5.45. The molecule has 0 fully saturated rings. The predicted octanol–water partition coefficient (Wildman–Crippen LogP) is 2.65. The van der Waals surface area contributed by atoms with E-state index in [0.717, 1.165) is 39.4 Å². The largest absolute Gasteiger partial charge is 0.397 e. The van der Waals surface area contributed by atoms with Gasteiger partial charge in [0.1, 0.15) is 9.71 Å². The summed E-state index contributed by atoms with van der Waals surface area (Å²) in [6.45, 7) is 1.65. The number of carbonyl (C=O) groups excluding carboxylic acids is 1. The maximum Gasteiger partial charge on any atom is 0.260 e. The summed E-state index contributed by atoms with van der Waals surface area (Å²) in [5.74, 6) is -0.491. The summed E-state index contributed by atoms with van der Waals surface area (Å²) in [5.41, 5.74) is 15.5. The summed E-state index contributed by atoms with van der Waals surface area (Å²) in [6, 6.07) is 4.11. The molecule has 1 aliphatic rings. The third kappa shape index (κ3) is 1.86. The third-order valence-corrected chi connectivity index (χ3v) is 5.90. The van der Waals surface area contributed by atoms with Gasteiger partial charge in [0.05, 0.1) is 11.4 Å². The van der Waals surface area contributed by atoms with E-state index in [1.807, 2.05) is 11.4 Å². The van der Waals surface area contributed by atoms with E-state index in [1.54, 1.807) is 11.3 Å². The molecule has 4 N–H and O–H groups in total. The summed E-state index contributed by atoms with van der Waals surface area (Å²) < 4.78 is 0. The lowest BCUT2D eigenvalue weighted by Crippen LogP contribution is -2.10. The lowest BCUT2D eigenvalue weighted by Gasteiger charge is -2.09. The van der Waals surface area contributed by atoms with E-state index >= 15 is 0 Å². The molecule has 4 rings (SSSR count). The molecule has 4 heterocycles. The van der Waals surface area contributed by atoms with Crippen molar-refractivity contribution in [2.45, 2.75) is 13.1 Å². The molecule has 1 aliphatic heterocycles. The number of amides is 1. The molecular formula is C15H14N4OS2. The molecule has 112 valence electrons. The van der Waals surface area contributed by atoms with Gasteiger partial charge in [-0.15, -0.1) is 22.7 Å². The molecule has 3 aromatic heterocycles. The first-order chi connectivity index (χ1) is 10.6. The third-order valence-electron chi connectivity index (χ3n) is 3.90. The normalized spacial score (nSPS) is 14.6. The molecule has 7 heteroatoms. The van der Waals surface area contributed by atoms with Crippen LogP contribution in [-0.2, 0) is 13.1 Å². The SMILES string of the molecule is CN1Cc2nc3sc(C(N)=O)c(N)c3c(-c3cccs3)c2C1. The number of hydrogen-bond acceptors (Lipinski definition) is 6. The standard InChI is InChI=1S/C15H14N4OS2/c1-19-5-7-8(6-19)18-15-11(10(7)9-3-2-4-21-9)12(16)13(22-15)14(17)20/h2-4H,5-6,16H2,1H3,(H2,17,20). The van der Waals surface area contributed by atoms with Crippen molar-refractivity contribution < 1.29 is 4.79 Å². The van der Waals surface area contributed by atoms with Gasteiger partial charge in [-0.2, -0.15) is 0 Å². The van der Waals surface area contributed by atoms with Crippen molar-refractivity contribution in [2.75, 3.05) is 12.8 Å². The number of primary amides is 1. The number of pyridine rings is 1. The second-order valence-corrected chi connectivity index (χ2v) is 7.40. The Morgan fingerprint density at radius 3 is 2.91 bits per heavy atom. The average molecular weight is 330 g/mol. The zero-order valence-electron chi connectivity index (χ0n) is 11.9. The number of nitrogens with two attached hydrogens (primary N) is 2. The van der Waals surface area contributed by atoms with Gasteiger partial charge in [0.2, 0.25) is 0 Å². The molecule has 0 radical (unpaired) electrons. The minimum Gasteiger partial charge on any atom is -0.397 e. The summed E-state index contributed by atoms with van der Waals surface area (Å²) in [4.78, 5) is 20.9. The zero-order chi connectivity index (χ0) is 15.4. The fraction of sp³-hybridized carbons (Fsp3) is 0.200. The lowest BCUT2D eigenvalue weighted by molar-refractivity contribution is 0.100. The molecule has 3 aromatic rings. The highest BCUT2D eigenvalue weighted by Crippen LogP contribution is 2.44. The molecule has 1 amide bonds. The van der Waals surface area contributed by atoms with E-state index in [-0.39, 0.29) is 0 Å². The molecule has 0 spiro atoms. The van der Waals surface area contributed by atoms with Crippen LogP contribution < -0.4 is 11.5 Å². The number of nitrogen functional groups attached to an aromatic ring is 1. The van der Waals surface area contributed by atoms with Crippen LogP contribution in [0.25, 0.3) is 20.7 Å². The Kier molecular flexibility index (Phi) is 2.97. The molecule has 0 aliphatic carbocycles. The van der Waals surface area contributed by atoms with Crippen LogP contribution in [0.4, 0.5) is 5.69 Å². The first-order valence-corrected chi connectivity index (χ1v) is 8.52. The second kappa shape index (κ2) is 4.77. The van der Waals surface area contributed by atoms with Crippen molar-refractivity contribution >= 4 is 44.5 Å². The zero-order valence-corrected chi connectivity index (χ0v) is 13.6. The Bertz CT molecular complexity index is 898. The molecule has 0 atom stereocenters. The first kappa shape index (κ1) is 13.7. The Labute approximate surface area is 135 Å². The van der Waals surface area contributed by atoms with Crippen LogP contribution in [0.2, 0.25) is 0 Å². The van der Waals surface area contributed by atoms with Gasteiger partial charge in [-0.25, -0.2) is 4.98 Å². The molecule has 0 unspecified atom stereocenters. The van der Waals surface area contributed by atoms with Crippen molar-refractivity contribution in [3.8, 4) is 10.4 Å². The van der Waals surface area contributed by atoms with Gasteiger partial charge in [-0.05, 0) is 24.1 Å². The highest BCUT2D eigenvalue weighted by Gasteiger charge is 2.27. The van der Waals surface area contributed by atoms with Crippen molar-refractivity contribution in [1.82, 2.24) is 9.88 Å². The van der Waals surface area contributed by atoms with Crippen LogP contribution in [0, 0.1) is 0 Å². The Morgan fingerprint density at radius 2 is 2.23 bits per heavy atom. The molecular weight excluding hydrogens is 316 g/mol. The fourth-order valence-electron chi connectivity index (χ4n) is 3.00. The van der Waals surface area contributed by atoms with Gasteiger partial charge in [0, 0.05) is 28.9 Å². The van der Waals surface area contributed by atoms with Gasteiger partial charge >= 0.3 is 0 Å². The minimum atomic E-state index is -0.491. The number of hydrogen-bond donors (Lipinski definition) is 2. The Balaban J connectivity index is 2.13. The van der Waals surface area contributed by atoms with E-state index in [9.17, 15) is 4.79 Å². The number of fused-ring (bicyclic) bond motifs is 2. The summed E-state index contributed by atoms with van der Waals surface area (Å²) in [5, 5.41) is 2.92. The van der Waals surface area contributed by atoms with E-state index in [4.69, 9.17) is 16.5 Å². The number of thiophene rings is 2. The van der Waals surface area contributed by atoms with Crippen LogP contribution in [-0.4, -0.2) is 22.8 Å². The maximum atomic E-state index is 11.6. The number of carbonyl (C=O) groups is 1. The highest BCUT2D eigenvalue weighted by molar-refractivity contribution is 7.21. The molecule has 0 aromatic carbocycles. The Morgan fingerprint density at radius 1 is 1.41 bits per heavy atom. The monoisotopic (exact) mass is 330 g/mol. The van der Waals surface area contributed by atoms with Crippen LogP contribution in [0.5, 0.6) is 0 Å². The minimum absolute atomic E-state index is 0.400. The fourth-order valence-corrected chi connectivity index (χ4v) is 4.78. The van der Waals surface area contributed by atoms with E-state index in [0.29, 0.717) is 10.6 Å². The maximum absolute atomic E-state index is 11.6. The summed E-state index contributed by atoms with van der Waals surface area (Å²) >= 11 is 2.96. The van der Waals surface area contributed by atoms with E-state index in [1.165, 1.54) is 16.9 Å². The summed E-state index contributed by atoms with van der Waals surface area (Å²) in [7, 11) is 2.08. The first-order valence-electron chi connectivity index (χ1n) is 6.82. The number of nitrogens with zero attached hydrogens (tertiary/aromatic N) is 2.